The molecule has 26 heavy (non-hydrogen) atoms. The number of amides is 2. The third-order valence-corrected chi connectivity index (χ3v) is 4.73. The number of aliphatic carboxylic acids is 1. The van der Waals surface area contributed by atoms with E-state index in [9.17, 15) is 14.4 Å². The van der Waals surface area contributed by atoms with Crippen molar-refractivity contribution in [3.63, 3.8) is 0 Å². The van der Waals surface area contributed by atoms with Crippen LogP contribution in [0.1, 0.15) is 46.6 Å². The molecule has 2 aromatic rings. The third-order valence-electron chi connectivity index (χ3n) is 3.74. The molecular formula is C18H21N3O4S. The van der Waals surface area contributed by atoms with Crippen LogP contribution in [-0.4, -0.2) is 27.9 Å². The van der Waals surface area contributed by atoms with Gasteiger partial charge in [0.15, 0.2) is 5.13 Å². The molecule has 0 unspecified atom stereocenters. The molecule has 3 N–H and O–H groups in total. The van der Waals surface area contributed by atoms with Crippen LogP contribution in [0.15, 0.2) is 24.3 Å². The number of anilines is 2. The molecule has 138 valence electrons. The molecule has 7 nitrogen and oxygen atoms in total. The van der Waals surface area contributed by atoms with Crippen molar-refractivity contribution in [3.8, 4) is 0 Å². The van der Waals surface area contributed by atoms with Gasteiger partial charge in [0.2, 0.25) is 5.91 Å². The van der Waals surface area contributed by atoms with Crippen LogP contribution in [-0.2, 0) is 9.59 Å². The van der Waals surface area contributed by atoms with Crippen LogP contribution >= 0.6 is 11.3 Å². The Balaban J connectivity index is 1.99. The van der Waals surface area contributed by atoms with Crippen molar-refractivity contribution in [1.29, 1.82) is 0 Å². The minimum Gasteiger partial charge on any atom is -0.481 e. The van der Waals surface area contributed by atoms with Crippen LogP contribution in [0, 0.1) is 13.8 Å². The average molecular weight is 375 g/mol. The molecule has 0 spiro atoms. The highest BCUT2D eigenvalue weighted by atomic mass is 32.1. The third kappa shape index (κ3) is 5.66. The Kier molecular flexibility index (Phi) is 6.85. The molecule has 0 aliphatic rings. The van der Waals surface area contributed by atoms with E-state index in [1.165, 1.54) is 11.3 Å². The number of nitrogens with zero attached hydrogens (tertiary/aromatic N) is 1. The van der Waals surface area contributed by atoms with E-state index in [1.807, 2.05) is 13.8 Å². The molecule has 2 amide bonds. The number of unbranched alkanes of at least 4 members (excludes halogenated alkanes) is 1. The van der Waals surface area contributed by atoms with Crippen molar-refractivity contribution in [2.75, 3.05) is 10.6 Å². The van der Waals surface area contributed by atoms with Gasteiger partial charge in [-0.3, -0.25) is 19.7 Å². The van der Waals surface area contributed by atoms with Crippen LogP contribution in [0.25, 0.3) is 0 Å². The summed E-state index contributed by atoms with van der Waals surface area (Å²) < 4.78 is 0. The van der Waals surface area contributed by atoms with Gasteiger partial charge in [-0.05, 0) is 38.8 Å². The van der Waals surface area contributed by atoms with Crippen LogP contribution < -0.4 is 10.6 Å². The number of carbonyl (C=O) groups excluding carboxylic acids is 2. The van der Waals surface area contributed by atoms with Crippen molar-refractivity contribution < 1.29 is 19.5 Å². The van der Waals surface area contributed by atoms with Gasteiger partial charge >= 0.3 is 5.97 Å². The van der Waals surface area contributed by atoms with E-state index >= 15 is 0 Å². The summed E-state index contributed by atoms with van der Waals surface area (Å²) in [4.78, 5) is 40.3. The summed E-state index contributed by atoms with van der Waals surface area (Å²) in [6.45, 7) is 3.81. The first-order chi connectivity index (χ1) is 12.4. The van der Waals surface area contributed by atoms with Crippen molar-refractivity contribution in [2.45, 2.75) is 39.5 Å². The van der Waals surface area contributed by atoms with Gasteiger partial charge in [0, 0.05) is 17.7 Å². The molecule has 1 aromatic heterocycles. The quantitative estimate of drug-likeness (QED) is 0.611. The largest absolute Gasteiger partial charge is 0.481 e. The number of carboxylic acids is 1. The number of nitrogens with one attached hydrogen (secondary N) is 2. The maximum absolute atomic E-state index is 12.5. The lowest BCUT2D eigenvalue weighted by molar-refractivity contribution is -0.137. The molecule has 0 saturated carbocycles. The van der Waals surface area contributed by atoms with Crippen LogP contribution in [0.2, 0.25) is 0 Å². The Labute approximate surface area is 155 Å². The first-order valence-electron chi connectivity index (χ1n) is 8.23. The van der Waals surface area contributed by atoms with Crippen molar-refractivity contribution in [3.05, 3.63) is 40.4 Å². The fourth-order valence-electron chi connectivity index (χ4n) is 2.26. The summed E-state index contributed by atoms with van der Waals surface area (Å²) in [6, 6.07) is 6.73. The lowest BCUT2D eigenvalue weighted by atomic mass is 10.1. The van der Waals surface area contributed by atoms with Gasteiger partial charge in [0.05, 0.1) is 16.9 Å². The van der Waals surface area contributed by atoms with E-state index in [2.05, 4.69) is 15.6 Å². The van der Waals surface area contributed by atoms with Gasteiger partial charge in [-0.2, -0.15) is 0 Å². The Morgan fingerprint density at radius 1 is 1.08 bits per heavy atom. The van der Waals surface area contributed by atoms with Gasteiger partial charge in [0.25, 0.3) is 5.91 Å². The number of hydrogen-bond acceptors (Lipinski definition) is 5. The van der Waals surface area contributed by atoms with Crippen LogP contribution in [0.4, 0.5) is 10.8 Å². The number of carbonyl (C=O) groups is 3. The van der Waals surface area contributed by atoms with Gasteiger partial charge < -0.3 is 10.4 Å². The summed E-state index contributed by atoms with van der Waals surface area (Å²) in [5.74, 6) is -1.47. The molecule has 0 bridgehead atoms. The fourth-order valence-corrected chi connectivity index (χ4v) is 3.06. The molecule has 0 atom stereocenters. The standard InChI is InChI=1S/C18H21N3O4S/c1-11-12(2)26-18(19-11)21-17(25)13-7-3-4-8-14(13)20-15(22)9-5-6-10-16(23)24/h3-4,7-8H,5-6,9-10H2,1-2H3,(H,20,22)(H,23,24)(H,19,21,25). The number of aryl methyl sites for hydroxylation is 2. The van der Waals surface area contributed by atoms with Crippen LogP contribution in [0.3, 0.4) is 0 Å². The second-order valence-corrected chi connectivity index (χ2v) is 7.01. The number of thiazole rings is 1. The maximum atomic E-state index is 12.5. The number of hydrogen-bond donors (Lipinski definition) is 3. The van der Waals surface area contributed by atoms with Crippen molar-refractivity contribution in [1.82, 2.24) is 4.98 Å². The van der Waals surface area contributed by atoms with Gasteiger partial charge in [-0.15, -0.1) is 11.3 Å². The highest BCUT2D eigenvalue weighted by Gasteiger charge is 2.15. The lowest BCUT2D eigenvalue weighted by Gasteiger charge is -2.10. The maximum Gasteiger partial charge on any atom is 0.303 e. The molecule has 1 heterocycles. The smallest absolute Gasteiger partial charge is 0.303 e. The summed E-state index contributed by atoms with van der Waals surface area (Å²) in [5.41, 5.74) is 1.63. The molecule has 0 aliphatic carbocycles. The predicted molar refractivity (Wildman–Crippen MR) is 101 cm³/mol. The topological polar surface area (TPSA) is 108 Å². The zero-order valence-electron chi connectivity index (χ0n) is 14.7. The molecule has 0 aliphatic heterocycles. The molecular weight excluding hydrogens is 354 g/mol. The highest BCUT2D eigenvalue weighted by molar-refractivity contribution is 7.15. The van der Waals surface area contributed by atoms with E-state index in [-0.39, 0.29) is 24.7 Å². The Morgan fingerprint density at radius 3 is 2.42 bits per heavy atom. The number of rotatable bonds is 8. The minimum atomic E-state index is -0.875. The minimum absolute atomic E-state index is 0.0406. The van der Waals surface area contributed by atoms with Gasteiger partial charge in [-0.25, -0.2) is 4.98 Å². The number of aromatic nitrogens is 1. The van der Waals surface area contributed by atoms with Gasteiger partial charge in [-0.1, -0.05) is 12.1 Å². The Hall–Kier alpha value is -2.74. The van der Waals surface area contributed by atoms with Gasteiger partial charge in [0.1, 0.15) is 0 Å². The van der Waals surface area contributed by atoms with E-state index in [0.29, 0.717) is 29.2 Å². The van der Waals surface area contributed by atoms with Crippen molar-refractivity contribution in [2.24, 2.45) is 0 Å². The summed E-state index contributed by atoms with van der Waals surface area (Å²) >= 11 is 1.39. The lowest BCUT2D eigenvalue weighted by Crippen LogP contribution is -2.18. The first-order valence-corrected chi connectivity index (χ1v) is 9.04. The molecule has 0 fully saturated rings. The monoisotopic (exact) mass is 375 g/mol. The zero-order chi connectivity index (χ0) is 19.1. The zero-order valence-corrected chi connectivity index (χ0v) is 15.5. The molecule has 2 rings (SSSR count). The SMILES string of the molecule is Cc1nc(NC(=O)c2ccccc2NC(=O)CCCCC(=O)O)sc1C. The predicted octanol–water partition coefficient (Wildman–Crippen LogP) is 3.60. The van der Waals surface area contributed by atoms with Crippen molar-refractivity contribution >= 4 is 39.9 Å². The first kappa shape index (κ1) is 19.6. The fraction of sp³-hybridized carbons (Fsp3) is 0.333. The normalized spacial score (nSPS) is 10.4. The van der Waals surface area contributed by atoms with E-state index in [1.54, 1.807) is 24.3 Å². The summed E-state index contributed by atoms with van der Waals surface area (Å²) in [5, 5.41) is 14.6. The average Bonchev–Trinajstić information content (AvgIpc) is 2.89. The molecule has 0 radical (unpaired) electrons. The molecule has 1 aromatic carbocycles. The highest BCUT2D eigenvalue weighted by Crippen LogP contribution is 2.23. The molecule has 0 saturated heterocycles. The van der Waals surface area contributed by atoms with Crippen LogP contribution in [0.5, 0.6) is 0 Å². The summed E-state index contributed by atoms with van der Waals surface area (Å²) in [6.07, 6.45) is 1.16. The second kappa shape index (κ2) is 9.10. The Bertz CT molecular complexity index is 797. The molecule has 8 heteroatoms. The number of benzene rings is 1. The number of carboxylic acid groups (broad SMARTS) is 1. The summed E-state index contributed by atoms with van der Waals surface area (Å²) in [7, 11) is 0. The number of para-hydroxylation sites is 1. The Morgan fingerprint density at radius 2 is 1.77 bits per heavy atom. The van der Waals surface area contributed by atoms with E-state index in [0.717, 1.165) is 10.6 Å². The van der Waals surface area contributed by atoms with E-state index in [4.69, 9.17) is 5.11 Å². The second-order valence-electron chi connectivity index (χ2n) is 5.81. The van der Waals surface area contributed by atoms with E-state index < -0.39 is 5.97 Å².